The topological polar surface area (TPSA) is 426 Å². The molecule has 0 radical (unpaired) electrons. The summed E-state index contributed by atoms with van der Waals surface area (Å²) in [5, 5.41) is 91.2. The molecule has 3 amide bonds. The molecular weight excluding hydrogens is 1210 g/mol. The van der Waals surface area contributed by atoms with E-state index in [1.54, 1.807) is 0 Å². The number of nitrogens with two attached hydrogens (primary N) is 5. The van der Waals surface area contributed by atoms with Crippen molar-refractivity contribution in [1.82, 2.24) is 15.5 Å². The highest BCUT2D eigenvalue weighted by molar-refractivity contribution is 5.83. The van der Waals surface area contributed by atoms with E-state index in [9.17, 15) is 55.2 Å². The second-order valence-electron chi connectivity index (χ2n) is 26.9. The maximum atomic E-state index is 13.6. The van der Waals surface area contributed by atoms with Crippen molar-refractivity contribution < 1.29 is 83.7 Å². The highest BCUT2D eigenvalue weighted by Gasteiger charge is 2.54. The number of nitrogens with one attached hydrogen (secondary N) is 2. The summed E-state index contributed by atoms with van der Waals surface area (Å²) in [5.41, 5.74) is 31.2. The standard InChI is InChI=1S/C69H130N8O17/c1-3-5-7-9-11-13-15-17-19-21-23-25-27-29-31-35-41-77(42-36-32-30-28-26-24-22-20-18-16-14-12-10-8-6-4-2)54(81)39-38-53(80)75-40-34-33-37-47(70)66(88)76-44-50-58(83)60(85)55(73)67(89-50)93-64-52(46-79)91-69(62(64)87)94-65-57(82)48(71)43-49(72)63(65)92-68-56(74)61(86)59(84)51(45-78)90-68/h17-20,47-52,55-65,67-69,78-79,82-87H,3-16,21-46,70-74H2,1-2H3,(H,75,80)(H,76,88)/b19-17-,20-18-/t47-,48+,49?,50?,51?,52+,55+,56?,57?,58+,59-,60?,61+,62?,63-,64-,65+,67+,68-,69-/m0/s1. The number of aliphatic hydroxyl groups is 8. The molecule has 94 heavy (non-hydrogen) atoms. The predicted molar refractivity (Wildman–Crippen MR) is 360 cm³/mol. The van der Waals surface area contributed by atoms with E-state index in [0.717, 1.165) is 51.4 Å². The molecule has 3 heterocycles. The molecule has 4 fully saturated rings. The second kappa shape index (κ2) is 48.8. The SMILES string of the molecule is CCCCCCCC/C=C\CCCCCCCCN(CCCCCCCC/C=C\CCCCCCCC)C(=O)CCC(=O)NCCCC[C@H](N)C(=O)NCC1O[C@H](O[C@@H]2C(O)[C@H](O[C@@H]3C(O)[C@H](N)CC(N)[C@@H]3O[C@@H]3OC(CO)[C@H](O)[C@H](O)C3N)O[C@@H]2CO)[C@H](N)C(O)[C@@H]1O. The Labute approximate surface area is 561 Å². The third-order valence-electron chi connectivity index (χ3n) is 19.0. The van der Waals surface area contributed by atoms with Gasteiger partial charge in [0.15, 0.2) is 18.9 Å². The number of rotatable bonds is 51. The molecule has 25 nitrogen and oxygen atoms in total. The first-order valence-corrected chi connectivity index (χ1v) is 36.5. The third-order valence-corrected chi connectivity index (χ3v) is 19.0. The van der Waals surface area contributed by atoms with E-state index in [2.05, 4.69) is 48.8 Å². The molecule has 20 atom stereocenters. The van der Waals surface area contributed by atoms with Gasteiger partial charge in [-0.2, -0.15) is 0 Å². The summed E-state index contributed by atoms with van der Waals surface area (Å²) >= 11 is 0. The Morgan fingerprint density at radius 2 is 0.915 bits per heavy atom. The van der Waals surface area contributed by atoms with Crippen molar-refractivity contribution in [3.8, 4) is 0 Å². The number of allylic oxidation sites excluding steroid dienone is 4. The molecule has 7 unspecified atom stereocenters. The molecule has 0 spiro atoms. The Hall–Kier alpha value is -2.87. The number of carbonyl (C=O) groups is 3. The van der Waals surface area contributed by atoms with Crippen LogP contribution in [0.1, 0.15) is 232 Å². The zero-order valence-electron chi connectivity index (χ0n) is 57.2. The summed E-state index contributed by atoms with van der Waals surface area (Å²) in [7, 11) is 0. The number of carbonyl (C=O) groups excluding carboxylic acids is 3. The van der Waals surface area contributed by atoms with Crippen molar-refractivity contribution in [1.29, 1.82) is 0 Å². The maximum Gasteiger partial charge on any atom is 0.237 e. The number of amides is 3. The molecule has 4 rings (SSSR count). The fraction of sp³-hybridized carbons (Fsp3) is 0.899. The Morgan fingerprint density at radius 1 is 0.479 bits per heavy atom. The molecule has 548 valence electrons. The van der Waals surface area contributed by atoms with Gasteiger partial charge < -0.3 is 113 Å². The minimum atomic E-state index is -1.74. The van der Waals surface area contributed by atoms with Crippen LogP contribution >= 0.6 is 0 Å². The second-order valence-corrected chi connectivity index (χ2v) is 26.9. The molecule has 3 saturated heterocycles. The van der Waals surface area contributed by atoms with Crippen molar-refractivity contribution in [2.24, 2.45) is 28.7 Å². The van der Waals surface area contributed by atoms with Crippen LogP contribution in [-0.2, 0) is 42.8 Å². The van der Waals surface area contributed by atoms with Gasteiger partial charge in [-0.25, -0.2) is 0 Å². The van der Waals surface area contributed by atoms with Gasteiger partial charge in [0, 0.05) is 51.1 Å². The van der Waals surface area contributed by atoms with Gasteiger partial charge in [-0.1, -0.05) is 154 Å². The molecule has 0 aromatic carbocycles. The van der Waals surface area contributed by atoms with Crippen molar-refractivity contribution in [2.45, 2.75) is 354 Å². The van der Waals surface area contributed by atoms with Crippen molar-refractivity contribution in [3.05, 3.63) is 24.3 Å². The maximum absolute atomic E-state index is 13.6. The highest BCUT2D eigenvalue weighted by Crippen LogP contribution is 2.35. The van der Waals surface area contributed by atoms with Crippen LogP contribution in [0.15, 0.2) is 24.3 Å². The average Bonchev–Trinajstić information content (AvgIpc) is 1.36. The lowest BCUT2D eigenvalue weighted by Gasteiger charge is -2.47. The quantitative estimate of drug-likeness (QED) is 0.0305. The van der Waals surface area contributed by atoms with E-state index < -0.39 is 141 Å². The molecule has 1 aliphatic carbocycles. The number of nitrogens with zero attached hydrogens (tertiary/aromatic N) is 1. The van der Waals surface area contributed by atoms with Crippen LogP contribution in [0.4, 0.5) is 0 Å². The molecule has 25 heteroatoms. The molecule has 4 aliphatic rings. The van der Waals surface area contributed by atoms with Crippen molar-refractivity contribution >= 4 is 17.7 Å². The Morgan fingerprint density at radius 3 is 1.41 bits per heavy atom. The van der Waals surface area contributed by atoms with Gasteiger partial charge in [0.25, 0.3) is 0 Å². The zero-order valence-corrected chi connectivity index (χ0v) is 57.2. The van der Waals surface area contributed by atoms with Gasteiger partial charge >= 0.3 is 0 Å². The first kappa shape index (κ1) is 83.5. The smallest absolute Gasteiger partial charge is 0.237 e. The van der Waals surface area contributed by atoms with Gasteiger partial charge in [0.1, 0.15) is 67.1 Å². The van der Waals surface area contributed by atoms with Crippen LogP contribution in [0.5, 0.6) is 0 Å². The Kier molecular flexibility index (Phi) is 43.4. The van der Waals surface area contributed by atoms with Crippen LogP contribution in [0.25, 0.3) is 0 Å². The van der Waals surface area contributed by atoms with E-state index in [1.807, 2.05) is 4.90 Å². The molecule has 1 saturated carbocycles. The average molecular weight is 1340 g/mol. The van der Waals surface area contributed by atoms with Crippen LogP contribution < -0.4 is 39.3 Å². The zero-order chi connectivity index (χ0) is 68.6. The normalized spacial score (nSPS) is 30.9. The number of hydrogen-bond acceptors (Lipinski definition) is 22. The first-order chi connectivity index (χ1) is 45.4. The first-order valence-electron chi connectivity index (χ1n) is 36.5. The minimum Gasteiger partial charge on any atom is -0.394 e. The van der Waals surface area contributed by atoms with E-state index >= 15 is 0 Å². The lowest BCUT2D eigenvalue weighted by molar-refractivity contribution is -0.310. The predicted octanol–water partition coefficient (Wildman–Crippen LogP) is 3.59. The summed E-state index contributed by atoms with van der Waals surface area (Å²) in [6.07, 6.45) is 22.8. The Balaban J connectivity index is 1.17. The van der Waals surface area contributed by atoms with Gasteiger partial charge in [-0.05, 0) is 89.9 Å². The fourth-order valence-electron chi connectivity index (χ4n) is 12.8. The van der Waals surface area contributed by atoms with Crippen molar-refractivity contribution in [2.75, 3.05) is 39.4 Å². The lowest BCUT2D eigenvalue weighted by atomic mass is 9.84. The van der Waals surface area contributed by atoms with Crippen LogP contribution in [0, 0.1) is 0 Å². The summed E-state index contributed by atoms with van der Waals surface area (Å²) in [6.45, 7) is 4.47. The van der Waals surface area contributed by atoms with Crippen LogP contribution in [0.2, 0.25) is 0 Å². The van der Waals surface area contributed by atoms with Gasteiger partial charge in [0.05, 0.1) is 37.4 Å². The van der Waals surface area contributed by atoms with Crippen LogP contribution in [0.3, 0.4) is 0 Å². The molecule has 3 aliphatic heterocycles. The van der Waals surface area contributed by atoms with E-state index in [4.69, 9.17) is 57.1 Å². The summed E-state index contributed by atoms with van der Waals surface area (Å²) in [5.74, 6) is -0.786. The highest BCUT2D eigenvalue weighted by atomic mass is 16.8. The largest absolute Gasteiger partial charge is 0.394 e. The third kappa shape index (κ3) is 30.3. The van der Waals surface area contributed by atoms with Gasteiger partial charge in [0.2, 0.25) is 17.7 Å². The van der Waals surface area contributed by atoms with Crippen molar-refractivity contribution in [3.63, 3.8) is 0 Å². The number of ether oxygens (including phenoxy) is 6. The summed E-state index contributed by atoms with van der Waals surface area (Å²) < 4.78 is 35.5. The fourth-order valence-corrected chi connectivity index (χ4v) is 12.8. The van der Waals surface area contributed by atoms with Gasteiger partial charge in [-0.3, -0.25) is 14.4 Å². The summed E-state index contributed by atoms with van der Waals surface area (Å²) in [6, 6.07) is -5.62. The molecule has 20 N–H and O–H groups in total. The van der Waals surface area contributed by atoms with E-state index in [-0.39, 0.29) is 44.0 Å². The molecular formula is C69H130N8O17. The summed E-state index contributed by atoms with van der Waals surface area (Å²) in [4.78, 5) is 41.8. The number of hydrogen-bond donors (Lipinski definition) is 15. The monoisotopic (exact) mass is 1340 g/mol. The number of unbranched alkanes of at least 4 members (excludes halogenated alkanes) is 25. The molecule has 0 bridgehead atoms. The molecule has 0 aromatic heterocycles. The van der Waals surface area contributed by atoms with E-state index in [0.29, 0.717) is 32.5 Å². The Bertz CT molecular complexity index is 2020. The van der Waals surface area contributed by atoms with Gasteiger partial charge in [-0.15, -0.1) is 0 Å². The lowest BCUT2D eigenvalue weighted by Crippen LogP contribution is -2.68. The van der Waals surface area contributed by atoms with E-state index in [1.165, 1.54) is 128 Å². The molecule has 0 aromatic rings. The van der Waals surface area contributed by atoms with Crippen LogP contribution in [-0.4, -0.2) is 225 Å². The minimum absolute atomic E-state index is 0.0102. The number of aliphatic hydroxyl groups excluding tert-OH is 8.